The van der Waals surface area contributed by atoms with Crippen molar-refractivity contribution in [3.63, 3.8) is 0 Å². The Hall–Kier alpha value is -3.49. The number of phenols is 1. The van der Waals surface area contributed by atoms with Crippen LogP contribution in [-0.4, -0.2) is 47.0 Å². The third kappa shape index (κ3) is 4.72. The van der Waals surface area contributed by atoms with Gasteiger partial charge in [-0.15, -0.1) is 11.3 Å². The molecule has 0 spiro atoms. The van der Waals surface area contributed by atoms with Gasteiger partial charge in [-0.2, -0.15) is 0 Å². The molecule has 8 heteroatoms. The van der Waals surface area contributed by atoms with Gasteiger partial charge < -0.3 is 20.5 Å². The van der Waals surface area contributed by atoms with E-state index in [4.69, 9.17) is 4.74 Å². The van der Waals surface area contributed by atoms with Gasteiger partial charge in [-0.3, -0.25) is 14.4 Å². The van der Waals surface area contributed by atoms with Crippen LogP contribution >= 0.6 is 11.3 Å². The number of ether oxygens (including phenoxy) is 1. The van der Waals surface area contributed by atoms with Crippen molar-refractivity contribution in [3.8, 4) is 16.2 Å². The second-order valence-corrected chi connectivity index (χ2v) is 9.98. The van der Waals surface area contributed by atoms with Crippen LogP contribution in [0.25, 0.3) is 10.4 Å². The highest BCUT2D eigenvalue weighted by atomic mass is 32.1. The number of nitrogens with one attached hydrogen (secondary N) is 2. The lowest BCUT2D eigenvalue weighted by Crippen LogP contribution is -2.60. The molecule has 35 heavy (non-hydrogen) atoms. The zero-order valence-electron chi connectivity index (χ0n) is 19.0. The van der Waals surface area contributed by atoms with Crippen LogP contribution < -0.4 is 10.6 Å². The third-order valence-electron chi connectivity index (χ3n) is 6.77. The fourth-order valence-corrected chi connectivity index (χ4v) is 5.67. The second-order valence-electron chi connectivity index (χ2n) is 9.03. The zero-order valence-corrected chi connectivity index (χ0v) is 19.8. The Labute approximate surface area is 207 Å². The van der Waals surface area contributed by atoms with E-state index in [2.05, 4.69) is 10.6 Å². The number of rotatable bonds is 7. The summed E-state index contributed by atoms with van der Waals surface area (Å²) in [5.74, 6) is -0.883. The molecule has 2 heterocycles. The number of ketones is 1. The molecule has 2 aliphatic rings. The van der Waals surface area contributed by atoms with Crippen molar-refractivity contribution in [2.75, 3.05) is 6.61 Å². The number of phenolic OH excluding ortho intramolecular Hbond substituents is 1. The highest BCUT2D eigenvalue weighted by molar-refractivity contribution is 7.13. The molecule has 1 saturated heterocycles. The van der Waals surface area contributed by atoms with Crippen molar-refractivity contribution in [1.82, 2.24) is 10.6 Å². The van der Waals surface area contributed by atoms with Gasteiger partial charge in [0, 0.05) is 16.9 Å². The largest absolute Gasteiger partial charge is 0.508 e. The molecule has 0 bridgehead atoms. The predicted octanol–water partition coefficient (Wildman–Crippen LogP) is 3.47. The van der Waals surface area contributed by atoms with Crippen molar-refractivity contribution >= 4 is 28.9 Å². The van der Waals surface area contributed by atoms with Gasteiger partial charge in [0.15, 0.2) is 5.78 Å². The first kappa shape index (κ1) is 23.3. The standard InChI is InChI=1S/C27H26N2O5S/c30-20-5-1-4-17(14-20)15-21(26(33)29-27-12-2-7-24(27)34-16-23(27)31)28-25(32)19-10-8-18(9-11-19)22-6-3-13-35-22/h1,3-6,8-11,13-14,21,24,30H,2,7,12,15-16H2,(H,28,32)(H,29,33). The summed E-state index contributed by atoms with van der Waals surface area (Å²) in [6.07, 6.45) is 1.86. The van der Waals surface area contributed by atoms with Gasteiger partial charge in [0.05, 0.1) is 6.10 Å². The van der Waals surface area contributed by atoms with Crippen LogP contribution in [0.4, 0.5) is 0 Å². The number of hydrogen-bond donors (Lipinski definition) is 3. The van der Waals surface area contributed by atoms with E-state index in [0.29, 0.717) is 24.0 Å². The Morgan fingerprint density at radius 1 is 1.14 bits per heavy atom. The normalized spacial score (nSPS) is 21.9. The summed E-state index contributed by atoms with van der Waals surface area (Å²) >= 11 is 1.62. The number of amides is 2. The van der Waals surface area contributed by atoms with Gasteiger partial charge in [0.2, 0.25) is 5.91 Å². The smallest absolute Gasteiger partial charge is 0.251 e. The monoisotopic (exact) mass is 490 g/mol. The van der Waals surface area contributed by atoms with E-state index in [1.807, 2.05) is 29.6 Å². The Morgan fingerprint density at radius 3 is 2.71 bits per heavy atom. The highest BCUT2D eigenvalue weighted by Crippen LogP contribution is 2.38. The van der Waals surface area contributed by atoms with Crippen LogP contribution in [0.1, 0.15) is 35.2 Å². The molecule has 2 fully saturated rings. The van der Waals surface area contributed by atoms with E-state index < -0.39 is 23.4 Å². The van der Waals surface area contributed by atoms with E-state index in [0.717, 1.165) is 16.9 Å². The fourth-order valence-electron chi connectivity index (χ4n) is 4.94. The predicted molar refractivity (Wildman–Crippen MR) is 132 cm³/mol. The molecule has 1 aliphatic carbocycles. The van der Waals surface area contributed by atoms with Crippen molar-refractivity contribution in [3.05, 3.63) is 77.2 Å². The summed E-state index contributed by atoms with van der Waals surface area (Å²) in [4.78, 5) is 40.3. The molecule has 1 saturated carbocycles. The number of aromatic hydroxyl groups is 1. The molecule has 2 amide bonds. The molecule has 5 rings (SSSR count). The summed E-state index contributed by atoms with van der Waals surface area (Å²) < 4.78 is 5.62. The minimum Gasteiger partial charge on any atom is -0.508 e. The van der Waals surface area contributed by atoms with Crippen LogP contribution in [-0.2, 0) is 20.7 Å². The number of carbonyl (C=O) groups excluding carboxylic acids is 3. The van der Waals surface area contributed by atoms with Crippen LogP contribution in [0, 0.1) is 0 Å². The van der Waals surface area contributed by atoms with Gasteiger partial charge in [0.25, 0.3) is 5.91 Å². The number of Topliss-reactive ketones (excluding diaryl/α,β-unsaturated/α-hetero) is 1. The maximum Gasteiger partial charge on any atom is 0.251 e. The summed E-state index contributed by atoms with van der Waals surface area (Å²) in [7, 11) is 0. The van der Waals surface area contributed by atoms with Crippen molar-refractivity contribution in [1.29, 1.82) is 0 Å². The third-order valence-corrected chi connectivity index (χ3v) is 7.69. The van der Waals surface area contributed by atoms with Gasteiger partial charge >= 0.3 is 0 Å². The maximum atomic E-state index is 13.5. The minimum absolute atomic E-state index is 0.00881. The first-order valence-electron chi connectivity index (χ1n) is 11.6. The molecule has 3 aromatic rings. The molecule has 1 aromatic heterocycles. The highest BCUT2D eigenvalue weighted by Gasteiger charge is 2.55. The molecule has 1 aliphatic heterocycles. The van der Waals surface area contributed by atoms with Crippen LogP contribution in [0.3, 0.4) is 0 Å². The van der Waals surface area contributed by atoms with Gasteiger partial charge in [-0.05, 0) is 66.1 Å². The molecule has 7 nitrogen and oxygen atoms in total. The summed E-state index contributed by atoms with van der Waals surface area (Å²) in [6, 6.07) is 16.8. The minimum atomic E-state index is -1.03. The Bertz CT molecular complexity index is 1240. The topological polar surface area (TPSA) is 105 Å². The van der Waals surface area contributed by atoms with Crippen molar-refractivity contribution in [2.45, 2.75) is 43.4 Å². The average molecular weight is 491 g/mol. The van der Waals surface area contributed by atoms with Crippen LogP contribution in [0.2, 0.25) is 0 Å². The summed E-state index contributed by atoms with van der Waals surface area (Å²) in [5, 5.41) is 17.6. The Kier molecular flexibility index (Phi) is 6.40. The zero-order chi connectivity index (χ0) is 24.4. The van der Waals surface area contributed by atoms with Crippen LogP contribution in [0.5, 0.6) is 5.75 Å². The number of fused-ring (bicyclic) bond motifs is 1. The van der Waals surface area contributed by atoms with Crippen molar-refractivity contribution < 1.29 is 24.2 Å². The Morgan fingerprint density at radius 2 is 1.97 bits per heavy atom. The van der Waals surface area contributed by atoms with E-state index in [-0.39, 0.29) is 30.7 Å². The lowest BCUT2D eigenvalue weighted by Gasteiger charge is -2.30. The first-order chi connectivity index (χ1) is 16.9. The quantitative estimate of drug-likeness (QED) is 0.471. The molecule has 2 aromatic carbocycles. The van der Waals surface area contributed by atoms with E-state index in [1.54, 1.807) is 47.7 Å². The number of thiophene rings is 1. The molecule has 3 unspecified atom stereocenters. The fraction of sp³-hybridized carbons (Fsp3) is 0.296. The van der Waals surface area contributed by atoms with Gasteiger partial charge in [0.1, 0.15) is 23.9 Å². The molecular formula is C27H26N2O5S. The lowest BCUT2D eigenvalue weighted by atomic mass is 9.91. The maximum absolute atomic E-state index is 13.5. The Balaban J connectivity index is 1.36. The van der Waals surface area contributed by atoms with Crippen LogP contribution in [0.15, 0.2) is 66.0 Å². The molecule has 3 atom stereocenters. The summed E-state index contributed by atoms with van der Waals surface area (Å²) in [5.41, 5.74) is 1.10. The molecule has 3 N–H and O–H groups in total. The lowest BCUT2D eigenvalue weighted by molar-refractivity contribution is -0.131. The molecule has 180 valence electrons. The average Bonchev–Trinajstić information content (AvgIpc) is 3.58. The molecular weight excluding hydrogens is 464 g/mol. The summed E-state index contributed by atoms with van der Waals surface area (Å²) in [6.45, 7) is -0.00881. The molecule has 0 radical (unpaired) electrons. The SMILES string of the molecule is O=C(NC(Cc1cccc(O)c1)C(=O)NC12CCCC1OCC2=O)c1ccc(-c2cccs2)cc1. The van der Waals surface area contributed by atoms with E-state index >= 15 is 0 Å². The van der Waals surface area contributed by atoms with E-state index in [1.165, 1.54) is 0 Å². The number of carbonyl (C=O) groups is 3. The number of benzene rings is 2. The van der Waals surface area contributed by atoms with Crippen molar-refractivity contribution in [2.24, 2.45) is 0 Å². The van der Waals surface area contributed by atoms with E-state index in [9.17, 15) is 19.5 Å². The van der Waals surface area contributed by atoms with Gasteiger partial charge in [-0.1, -0.05) is 30.3 Å². The number of hydrogen-bond acceptors (Lipinski definition) is 6. The second kappa shape index (κ2) is 9.64. The first-order valence-corrected chi connectivity index (χ1v) is 12.5. The van der Waals surface area contributed by atoms with Gasteiger partial charge in [-0.25, -0.2) is 0 Å².